The number of hydrogen-bond acceptors (Lipinski definition) is 4. The third kappa shape index (κ3) is 20.0. The number of rotatable bonds is 13. The van der Waals surface area contributed by atoms with Crippen LogP contribution in [0.1, 0.15) is 44.5 Å². The van der Waals surface area contributed by atoms with Crippen molar-refractivity contribution >= 4 is 250 Å². The van der Waals surface area contributed by atoms with E-state index in [1.807, 2.05) is 0 Å². The monoisotopic (exact) mass is 2140 g/mol. The molecule has 141 heavy (non-hydrogen) atoms. The Labute approximate surface area is 867 Å². The second kappa shape index (κ2) is 41.9. The summed E-state index contributed by atoms with van der Waals surface area (Å²) in [6.07, 6.45) is 0. The van der Waals surface area contributed by atoms with Gasteiger partial charge in [-0.2, -0.15) is 0 Å². The largest absolute Gasteiger partial charge is 0.356 e. The van der Waals surface area contributed by atoms with E-state index in [0.29, 0.717) is 0 Å². The van der Waals surface area contributed by atoms with Gasteiger partial charge in [0.2, 0.25) is 0 Å². The zero-order chi connectivity index (χ0) is 96.9. The molecule has 0 saturated heterocycles. The first-order chi connectivity index (χ1) is 68.8. The van der Waals surface area contributed by atoms with Gasteiger partial charge in [-0.05, 0) is 334 Å². The Morgan fingerprint density at radius 3 is 0.553 bits per heavy atom. The van der Waals surface area contributed by atoms with Crippen molar-refractivity contribution in [3.05, 3.63) is 528 Å². The van der Waals surface area contributed by atoms with Gasteiger partial charge in [0.05, 0.1) is 17.1 Å². The van der Waals surface area contributed by atoms with Crippen molar-refractivity contribution in [1.82, 2.24) is 0 Å². The van der Waals surface area contributed by atoms with Crippen LogP contribution >= 0.6 is 79.6 Å². The van der Waals surface area contributed by atoms with Gasteiger partial charge in [0.25, 0.3) is 0 Å². The van der Waals surface area contributed by atoms with Gasteiger partial charge in [-0.15, -0.1) is 0 Å². The molecule has 1 N–H and O–H groups in total. The molecule has 0 aliphatic heterocycles. The van der Waals surface area contributed by atoms with Gasteiger partial charge >= 0.3 is 0 Å². The maximum absolute atomic E-state index is 3.88. The maximum Gasteiger partial charge on any atom is 0.0619 e. The highest BCUT2D eigenvalue weighted by molar-refractivity contribution is 9.11. The van der Waals surface area contributed by atoms with E-state index >= 15 is 0 Å². The average molecular weight is 2140 g/mol. The Bertz CT molecular complexity index is 7990. The molecule has 4 nitrogen and oxygen atoms in total. The second-order valence-corrected chi connectivity index (χ2v) is 40.6. The number of nitrogens with zero attached hydrogens (tertiary/aromatic N) is 3. The number of nitrogens with one attached hydrogen (secondary N) is 1. The van der Waals surface area contributed by atoms with E-state index < -0.39 is 0 Å². The standard InChI is InChI=1S/C66H50N2.C28H22BrN.C14H8Br2.C14H15N.C10H6Br2/c1-43-21-33-51(34-22-43)67(52-35-23-44(2)24-36-52)65-59-17-9-5-13-55(59)63(56-14-6-10-18-60(56)65)49-31-29-48-42-50(32-30-47(48)41-49)64-57-15-7-11-19-61(57)66(62-20-12-8-16-58(62)64)68(53-37-25-45(3)26-38-53)54-39-27-46(4)28-40-54;1-19-11-15-21(16-12-19)30(22-17-13-20(2)14-18-22)28-25-9-5-3-7-23(25)27(29)24-8-4-6-10-26(24)28;15-13-9-5-1-2-6-10(9)14(16)12-8-4-3-7-11(12)13;1-11-3-7-13(8-4-11)15-14-9-5-12(2)6-10-14;11-9-3-1-7-5-10(12)4-2-8(7)6-9/h5-42H,1-4H3;3-18H,1-2H3;1-8H;3-10,15H,1-2H3;1-6H. The van der Waals surface area contributed by atoms with E-state index in [-0.39, 0.29) is 0 Å². The van der Waals surface area contributed by atoms with Crippen molar-refractivity contribution in [2.75, 3.05) is 20.0 Å². The summed E-state index contributed by atoms with van der Waals surface area (Å²) >= 11 is 18.1. The Kier molecular flexibility index (Phi) is 27.9. The van der Waals surface area contributed by atoms with Gasteiger partial charge in [0, 0.05) is 100 Å². The van der Waals surface area contributed by atoms with Crippen molar-refractivity contribution in [3.8, 4) is 22.3 Å². The summed E-state index contributed by atoms with van der Waals surface area (Å²) in [5, 5.41) is 27.9. The average Bonchev–Trinajstić information content (AvgIpc) is 0.754. The summed E-state index contributed by atoms with van der Waals surface area (Å²) in [6.45, 7) is 17.1. The summed E-state index contributed by atoms with van der Waals surface area (Å²) in [7, 11) is 0. The summed E-state index contributed by atoms with van der Waals surface area (Å²) < 4.78 is 5.73. The fraction of sp³-hybridized carbons (Fsp3) is 0.0606. The lowest BCUT2D eigenvalue weighted by Crippen LogP contribution is -2.11. The van der Waals surface area contributed by atoms with Crippen molar-refractivity contribution < 1.29 is 0 Å². The molecule has 9 heteroatoms. The SMILES string of the molecule is Brc1c2ccccc2c(Br)c2ccccc12.Brc1ccc2cc(Br)ccc2c1.Cc1ccc(N(c2ccc(C)cc2)c2c3ccccc3c(-c3ccc4cc(-c5c6ccccc6c(N(c6ccc(C)cc6)c6ccc(C)cc6)c6ccccc56)ccc4c3)c3ccccc23)cc1.Cc1ccc(N(c2ccc(C)cc2)c2c3ccccc3c(Br)c3ccccc23)cc1.Cc1ccc(Nc2ccc(C)cc2)cc1. The zero-order valence-corrected chi connectivity index (χ0v) is 87.5. The minimum atomic E-state index is 1.12. The van der Waals surface area contributed by atoms with E-state index in [2.05, 4.69) is 616 Å². The number of anilines is 11. The highest BCUT2D eigenvalue weighted by Crippen LogP contribution is 2.53. The van der Waals surface area contributed by atoms with E-state index in [0.717, 1.165) is 58.9 Å². The predicted molar refractivity (Wildman–Crippen MR) is 628 cm³/mol. The van der Waals surface area contributed by atoms with Crippen LogP contribution in [-0.2, 0) is 0 Å². The molecular formula is C132H101Br5N4. The van der Waals surface area contributed by atoms with Gasteiger partial charge in [0.15, 0.2) is 0 Å². The van der Waals surface area contributed by atoms with Crippen LogP contribution in [-0.4, -0.2) is 0 Å². The lowest BCUT2D eigenvalue weighted by molar-refractivity contribution is 1.29. The Morgan fingerprint density at radius 2 is 0.333 bits per heavy atom. The molecule has 0 radical (unpaired) electrons. The van der Waals surface area contributed by atoms with Gasteiger partial charge in [-0.3, -0.25) is 0 Å². The van der Waals surface area contributed by atoms with Gasteiger partial charge < -0.3 is 20.0 Å². The molecule has 0 aromatic heterocycles. The van der Waals surface area contributed by atoms with Crippen LogP contribution in [0.4, 0.5) is 62.6 Å². The van der Waals surface area contributed by atoms with Crippen LogP contribution in [0.25, 0.3) is 130 Å². The van der Waals surface area contributed by atoms with Crippen molar-refractivity contribution in [2.45, 2.75) is 55.4 Å². The molecular weight excluding hydrogens is 2040 g/mol. The number of halogens is 5. The predicted octanol–water partition coefficient (Wildman–Crippen LogP) is 41.7. The summed E-state index contributed by atoms with van der Waals surface area (Å²) in [5.74, 6) is 0. The molecule has 684 valence electrons. The smallest absolute Gasteiger partial charge is 0.0619 e. The molecule has 0 atom stereocenters. The molecule has 0 amide bonds. The fourth-order valence-electron chi connectivity index (χ4n) is 19.2. The van der Waals surface area contributed by atoms with Crippen LogP contribution in [0.2, 0.25) is 0 Å². The third-order valence-electron chi connectivity index (χ3n) is 26.4. The summed E-state index contributed by atoms with van der Waals surface area (Å²) in [4.78, 5) is 7.27. The highest BCUT2D eigenvalue weighted by Gasteiger charge is 2.27. The number of fused-ring (bicyclic) bond motifs is 10. The molecule has 0 aliphatic rings. The van der Waals surface area contributed by atoms with Crippen LogP contribution in [0.5, 0.6) is 0 Å². The lowest BCUT2D eigenvalue weighted by atomic mass is 9.87. The molecule has 0 aliphatic carbocycles. The van der Waals surface area contributed by atoms with Crippen molar-refractivity contribution in [2.24, 2.45) is 0 Å². The zero-order valence-electron chi connectivity index (χ0n) is 79.6. The highest BCUT2D eigenvalue weighted by atomic mass is 79.9. The minimum absolute atomic E-state index is 1.12. The quantitative estimate of drug-likeness (QED) is 0.116. The van der Waals surface area contributed by atoms with E-state index in [1.54, 1.807) is 0 Å². The summed E-state index contributed by atoms with van der Waals surface area (Å²) in [6, 6.07) is 167. The van der Waals surface area contributed by atoms with E-state index in [1.165, 1.54) is 200 Å². The van der Waals surface area contributed by atoms with Crippen LogP contribution in [0.15, 0.2) is 483 Å². The van der Waals surface area contributed by atoms with Crippen LogP contribution in [0, 0.1) is 55.4 Å². The molecule has 0 heterocycles. The van der Waals surface area contributed by atoms with Crippen molar-refractivity contribution in [1.29, 1.82) is 0 Å². The number of aryl methyl sites for hydroxylation is 8. The molecule has 0 saturated carbocycles. The number of hydrogen-bond donors (Lipinski definition) is 1. The molecule has 24 aromatic rings. The Balaban J connectivity index is 0.000000134. The molecule has 0 bridgehead atoms. The molecule has 0 unspecified atom stereocenters. The van der Waals surface area contributed by atoms with Gasteiger partial charge in [-0.25, -0.2) is 0 Å². The van der Waals surface area contributed by atoms with Gasteiger partial charge in [0.1, 0.15) is 0 Å². The molecule has 24 aromatic carbocycles. The maximum atomic E-state index is 3.88. The van der Waals surface area contributed by atoms with Crippen LogP contribution < -0.4 is 20.0 Å². The van der Waals surface area contributed by atoms with Crippen molar-refractivity contribution in [3.63, 3.8) is 0 Å². The lowest BCUT2D eigenvalue weighted by Gasteiger charge is -2.30. The van der Waals surface area contributed by atoms with E-state index in [4.69, 9.17) is 0 Å². The second-order valence-electron chi connectivity index (χ2n) is 36.4. The van der Waals surface area contributed by atoms with E-state index in [9.17, 15) is 0 Å². The third-order valence-corrected chi connectivity index (χ3v) is 30.0. The molecule has 0 spiro atoms. The van der Waals surface area contributed by atoms with Crippen LogP contribution in [0.3, 0.4) is 0 Å². The Hall–Kier alpha value is -14.5. The first-order valence-corrected chi connectivity index (χ1v) is 51.6. The van der Waals surface area contributed by atoms with Gasteiger partial charge in [-0.1, -0.05) is 404 Å². The normalized spacial score (nSPS) is 11.2. The topological polar surface area (TPSA) is 21.8 Å². The molecule has 24 rings (SSSR count). The summed E-state index contributed by atoms with van der Waals surface area (Å²) in [5.41, 5.74) is 27.6. The minimum Gasteiger partial charge on any atom is -0.356 e. The fourth-order valence-corrected chi connectivity index (χ4v) is 22.0. The first kappa shape index (κ1) is 94.1. The Morgan fingerprint density at radius 1 is 0.163 bits per heavy atom. The number of benzene rings is 24. The molecule has 0 fully saturated rings. The first-order valence-electron chi connectivity index (χ1n) is 47.6.